The first-order valence-corrected chi connectivity index (χ1v) is 4.50. The van der Waals surface area contributed by atoms with Crippen molar-refractivity contribution in [1.29, 1.82) is 5.26 Å². The van der Waals surface area contributed by atoms with Crippen molar-refractivity contribution in [1.82, 2.24) is 10.4 Å². The topological polar surface area (TPSA) is 51.4 Å². The van der Waals surface area contributed by atoms with Crippen LogP contribution in [0.5, 0.6) is 0 Å². The van der Waals surface area contributed by atoms with E-state index in [4.69, 9.17) is 5.26 Å². The number of nitrogens with zero attached hydrogens (tertiary/aromatic N) is 3. The van der Waals surface area contributed by atoms with Crippen LogP contribution in [0.2, 0.25) is 0 Å². The summed E-state index contributed by atoms with van der Waals surface area (Å²) in [5.41, 5.74) is 3.10. The number of rotatable bonds is 0. The largest absolute Gasteiger partial charge is 0.295 e. The normalized spacial score (nSPS) is 18.3. The van der Waals surface area contributed by atoms with Crippen LogP contribution in [0.25, 0.3) is 0 Å². The van der Waals surface area contributed by atoms with Gasteiger partial charge in [0, 0.05) is 17.3 Å². The van der Waals surface area contributed by atoms with Gasteiger partial charge < -0.3 is 0 Å². The Kier molecular flexibility index (Phi) is 2.60. The molecule has 0 saturated carbocycles. The zero-order valence-corrected chi connectivity index (χ0v) is 8.27. The van der Waals surface area contributed by atoms with Crippen LogP contribution in [-0.4, -0.2) is 22.4 Å². The molecule has 66 valence electrons. The zero-order chi connectivity index (χ0) is 9.19. The van der Waals surface area contributed by atoms with Gasteiger partial charge in [0.1, 0.15) is 12.1 Å². The first kappa shape index (κ1) is 9.36. The van der Waals surface area contributed by atoms with Crippen molar-refractivity contribution in [3.63, 3.8) is 0 Å². The minimum Gasteiger partial charge on any atom is -0.295 e. The van der Waals surface area contributed by atoms with E-state index in [1.54, 1.807) is 0 Å². The summed E-state index contributed by atoms with van der Waals surface area (Å²) in [7, 11) is 0. The second-order valence-electron chi connectivity index (χ2n) is 3.51. The highest BCUT2D eigenvalue weighted by molar-refractivity contribution is 8.17. The van der Waals surface area contributed by atoms with Gasteiger partial charge in [-0.25, -0.2) is 4.99 Å². The van der Waals surface area contributed by atoms with Crippen LogP contribution in [0.3, 0.4) is 0 Å². The highest BCUT2D eigenvalue weighted by Gasteiger charge is 2.25. The Bertz CT molecular complexity index is 235. The standard InChI is InChI=1S/C7H12N4S/c1-7(2,3)11-5-9-6(10-11)12-4-8/h5H2,1-3H3,(H,9,10). The quantitative estimate of drug-likeness (QED) is 0.573. The zero-order valence-electron chi connectivity index (χ0n) is 7.46. The SMILES string of the molecule is CC(C)(C)N1CN=C(SC#N)N1. The molecule has 0 aromatic carbocycles. The van der Waals surface area contributed by atoms with Crippen LogP contribution in [0.1, 0.15) is 20.8 Å². The number of nitriles is 1. The molecule has 0 radical (unpaired) electrons. The van der Waals surface area contributed by atoms with Crippen LogP contribution in [0.4, 0.5) is 0 Å². The smallest absolute Gasteiger partial charge is 0.187 e. The first-order chi connectivity index (χ1) is 5.54. The van der Waals surface area contributed by atoms with E-state index in [0.29, 0.717) is 11.8 Å². The number of aliphatic imine (C=N–C) groups is 1. The number of hydrogen-bond donors (Lipinski definition) is 1. The number of amidine groups is 1. The molecule has 12 heavy (non-hydrogen) atoms. The van der Waals surface area contributed by atoms with E-state index in [1.165, 1.54) is 0 Å². The lowest BCUT2D eigenvalue weighted by molar-refractivity contribution is 0.124. The molecule has 1 rings (SSSR count). The molecule has 0 spiro atoms. The van der Waals surface area contributed by atoms with E-state index in [0.717, 1.165) is 11.8 Å². The first-order valence-electron chi connectivity index (χ1n) is 3.69. The van der Waals surface area contributed by atoms with Crippen molar-refractivity contribution in [2.24, 2.45) is 4.99 Å². The summed E-state index contributed by atoms with van der Waals surface area (Å²) in [5.74, 6) is 0. The lowest BCUT2D eigenvalue weighted by Gasteiger charge is -2.30. The molecule has 0 aromatic rings. The van der Waals surface area contributed by atoms with E-state index < -0.39 is 0 Å². The highest BCUT2D eigenvalue weighted by Crippen LogP contribution is 2.15. The Morgan fingerprint density at radius 2 is 2.33 bits per heavy atom. The lowest BCUT2D eigenvalue weighted by atomic mass is 10.1. The Hall–Kier alpha value is -0.730. The van der Waals surface area contributed by atoms with Crippen molar-refractivity contribution >= 4 is 16.9 Å². The fourth-order valence-electron chi connectivity index (χ4n) is 0.799. The molecule has 0 saturated heterocycles. The van der Waals surface area contributed by atoms with Crippen LogP contribution >= 0.6 is 11.8 Å². The van der Waals surface area contributed by atoms with Crippen molar-refractivity contribution < 1.29 is 0 Å². The molecule has 1 N–H and O–H groups in total. The minimum atomic E-state index is 0.0429. The van der Waals surface area contributed by atoms with Gasteiger partial charge in [-0.1, -0.05) is 0 Å². The predicted octanol–water partition coefficient (Wildman–Crippen LogP) is 1.13. The fourth-order valence-corrected chi connectivity index (χ4v) is 1.16. The second kappa shape index (κ2) is 3.33. The summed E-state index contributed by atoms with van der Waals surface area (Å²) in [4.78, 5) is 4.15. The van der Waals surface area contributed by atoms with Gasteiger partial charge in [0.05, 0.1) is 0 Å². The molecule has 0 amide bonds. The maximum Gasteiger partial charge on any atom is 0.187 e. The van der Waals surface area contributed by atoms with Crippen molar-refractivity contribution in [2.45, 2.75) is 26.3 Å². The van der Waals surface area contributed by atoms with Gasteiger partial charge in [-0.3, -0.25) is 5.43 Å². The van der Waals surface area contributed by atoms with Gasteiger partial charge >= 0.3 is 0 Å². The molecule has 0 fully saturated rings. The van der Waals surface area contributed by atoms with Crippen LogP contribution in [0.15, 0.2) is 4.99 Å². The highest BCUT2D eigenvalue weighted by atomic mass is 32.2. The number of thioether (sulfide) groups is 1. The van der Waals surface area contributed by atoms with Crippen LogP contribution in [-0.2, 0) is 0 Å². The van der Waals surface area contributed by atoms with Gasteiger partial charge in [-0.15, -0.1) is 0 Å². The van der Waals surface area contributed by atoms with Gasteiger partial charge in [-0.05, 0) is 20.8 Å². The number of hydrazine groups is 1. The third kappa shape index (κ3) is 2.13. The molecule has 0 bridgehead atoms. The molecular formula is C7H12N4S. The minimum absolute atomic E-state index is 0.0429. The number of thiocyanates is 1. The maximum atomic E-state index is 8.39. The van der Waals surface area contributed by atoms with Gasteiger partial charge in [0.2, 0.25) is 0 Å². The van der Waals surface area contributed by atoms with E-state index in [-0.39, 0.29) is 5.54 Å². The van der Waals surface area contributed by atoms with E-state index in [1.807, 2.05) is 10.4 Å². The molecule has 4 nitrogen and oxygen atoms in total. The van der Waals surface area contributed by atoms with Crippen LogP contribution in [0, 0.1) is 10.7 Å². The summed E-state index contributed by atoms with van der Waals surface area (Å²) in [6.07, 6.45) is 0. The van der Waals surface area contributed by atoms with E-state index >= 15 is 0 Å². The summed E-state index contributed by atoms with van der Waals surface area (Å²) in [5, 5.41) is 13.0. The summed E-state index contributed by atoms with van der Waals surface area (Å²) < 4.78 is 0. The molecule has 5 heteroatoms. The Morgan fingerprint density at radius 3 is 2.75 bits per heavy atom. The predicted molar refractivity (Wildman–Crippen MR) is 50.2 cm³/mol. The molecular weight excluding hydrogens is 172 g/mol. The van der Waals surface area contributed by atoms with Gasteiger partial charge in [0.15, 0.2) is 5.17 Å². The molecule has 0 atom stereocenters. The average molecular weight is 184 g/mol. The maximum absolute atomic E-state index is 8.39. The third-order valence-electron chi connectivity index (χ3n) is 1.54. The van der Waals surface area contributed by atoms with E-state index in [9.17, 15) is 0 Å². The van der Waals surface area contributed by atoms with Crippen LogP contribution < -0.4 is 5.43 Å². The van der Waals surface area contributed by atoms with Gasteiger partial charge in [0.25, 0.3) is 0 Å². The second-order valence-corrected chi connectivity index (χ2v) is 4.28. The third-order valence-corrected chi connectivity index (χ3v) is 2.04. The van der Waals surface area contributed by atoms with Crippen molar-refractivity contribution in [3.05, 3.63) is 0 Å². The fraction of sp³-hybridized carbons (Fsp3) is 0.714. The number of hydrogen-bond acceptors (Lipinski definition) is 5. The molecule has 1 aliphatic rings. The Balaban J connectivity index is 2.48. The average Bonchev–Trinajstić information content (AvgIpc) is 2.35. The Labute approximate surface area is 76.6 Å². The Morgan fingerprint density at radius 1 is 1.67 bits per heavy atom. The summed E-state index contributed by atoms with van der Waals surface area (Å²) >= 11 is 1.06. The molecule has 0 aliphatic carbocycles. The van der Waals surface area contributed by atoms with Crippen molar-refractivity contribution in [2.75, 3.05) is 6.67 Å². The van der Waals surface area contributed by atoms with E-state index in [2.05, 4.69) is 31.2 Å². The molecule has 1 heterocycles. The monoisotopic (exact) mass is 184 g/mol. The van der Waals surface area contributed by atoms with Gasteiger partial charge in [-0.2, -0.15) is 10.3 Å². The molecule has 0 unspecified atom stereocenters. The van der Waals surface area contributed by atoms with Crippen molar-refractivity contribution in [3.8, 4) is 5.40 Å². The summed E-state index contributed by atoms with van der Waals surface area (Å²) in [6.45, 7) is 6.90. The lowest BCUT2D eigenvalue weighted by Crippen LogP contribution is -2.47. The number of nitrogens with one attached hydrogen (secondary N) is 1. The molecule has 1 aliphatic heterocycles. The summed E-state index contributed by atoms with van der Waals surface area (Å²) in [6, 6.07) is 0. The molecule has 0 aromatic heterocycles.